The van der Waals surface area contributed by atoms with E-state index in [0.717, 1.165) is 30.8 Å². The molecule has 5 nitrogen and oxygen atoms in total. The summed E-state index contributed by atoms with van der Waals surface area (Å²) in [6.45, 7) is 1.64. The van der Waals surface area contributed by atoms with E-state index in [0.29, 0.717) is 5.82 Å². The largest absolute Gasteiger partial charge is 0.399 e. The molecule has 1 aromatic heterocycles. The molecule has 0 spiro atoms. The number of hydrogen-bond donors (Lipinski definition) is 1. The second kappa shape index (κ2) is 5.40. The summed E-state index contributed by atoms with van der Waals surface area (Å²) in [4.78, 5) is 4.33. The van der Waals surface area contributed by atoms with Crippen LogP contribution in [0, 0.1) is 0 Å². The van der Waals surface area contributed by atoms with Crippen molar-refractivity contribution >= 4 is 5.69 Å². The molecule has 1 aromatic carbocycles. The Morgan fingerprint density at radius 2 is 2.32 bits per heavy atom. The minimum Gasteiger partial charge on any atom is -0.399 e. The zero-order chi connectivity index (χ0) is 13.1. The Morgan fingerprint density at radius 1 is 1.37 bits per heavy atom. The molecular weight excluding hydrogens is 240 g/mol. The predicted octanol–water partition coefficient (Wildman–Crippen LogP) is 2.10. The predicted molar refractivity (Wildman–Crippen MR) is 73.5 cm³/mol. The summed E-state index contributed by atoms with van der Waals surface area (Å²) in [5.74, 6) is 0.711. The molecule has 0 saturated carbocycles. The van der Waals surface area contributed by atoms with Crippen molar-refractivity contribution < 1.29 is 4.74 Å². The Balaban J connectivity index is 1.72. The summed E-state index contributed by atoms with van der Waals surface area (Å²) in [5, 5.41) is 4.49. The van der Waals surface area contributed by atoms with Crippen LogP contribution in [0.1, 0.15) is 19.3 Å². The number of aromatic nitrogens is 3. The third-order valence-corrected chi connectivity index (χ3v) is 3.35. The molecule has 19 heavy (non-hydrogen) atoms. The fourth-order valence-electron chi connectivity index (χ4n) is 2.35. The van der Waals surface area contributed by atoms with Crippen LogP contribution in [-0.2, 0) is 11.3 Å². The lowest BCUT2D eigenvalue weighted by Gasteiger charge is -2.21. The Morgan fingerprint density at radius 3 is 3.11 bits per heavy atom. The van der Waals surface area contributed by atoms with Gasteiger partial charge in [-0.05, 0) is 31.4 Å². The second-order valence-electron chi connectivity index (χ2n) is 4.90. The number of ether oxygens (including phenoxy) is 1. The number of nitrogens with zero attached hydrogens (tertiary/aromatic N) is 3. The Hall–Kier alpha value is -1.88. The molecule has 1 unspecified atom stereocenters. The SMILES string of the molecule is Nc1cccc(-c2ncn(CC3CCCCO3)n2)c1. The summed E-state index contributed by atoms with van der Waals surface area (Å²) in [6.07, 6.45) is 5.54. The fraction of sp³-hybridized carbons (Fsp3) is 0.429. The average Bonchev–Trinajstić information content (AvgIpc) is 2.88. The highest BCUT2D eigenvalue weighted by Gasteiger charge is 2.15. The average molecular weight is 258 g/mol. The van der Waals surface area contributed by atoms with E-state index in [1.807, 2.05) is 28.9 Å². The maximum Gasteiger partial charge on any atom is 0.181 e. The van der Waals surface area contributed by atoms with Crippen molar-refractivity contribution in [3.05, 3.63) is 30.6 Å². The van der Waals surface area contributed by atoms with E-state index in [-0.39, 0.29) is 6.10 Å². The highest BCUT2D eigenvalue weighted by molar-refractivity contribution is 5.60. The van der Waals surface area contributed by atoms with Gasteiger partial charge in [-0.15, -0.1) is 0 Å². The van der Waals surface area contributed by atoms with Gasteiger partial charge in [0, 0.05) is 17.9 Å². The van der Waals surface area contributed by atoms with Crippen LogP contribution in [-0.4, -0.2) is 27.5 Å². The van der Waals surface area contributed by atoms with Gasteiger partial charge in [-0.1, -0.05) is 12.1 Å². The van der Waals surface area contributed by atoms with Crippen molar-refractivity contribution in [3.8, 4) is 11.4 Å². The van der Waals surface area contributed by atoms with Crippen molar-refractivity contribution in [3.63, 3.8) is 0 Å². The number of rotatable bonds is 3. The van der Waals surface area contributed by atoms with Crippen LogP contribution in [0.4, 0.5) is 5.69 Å². The zero-order valence-electron chi connectivity index (χ0n) is 10.8. The van der Waals surface area contributed by atoms with E-state index >= 15 is 0 Å². The third-order valence-electron chi connectivity index (χ3n) is 3.35. The standard InChI is InChI=1S/C14H18N4O/c15-12-5-3-4-11(8-12)14-16-10-18(17-14)9-13-6-1-2-7-19-13/h3-5,8,10,13H,1-2,6-7,9,15H2. The first-order chi connectivity index (χ1) is 9.31. The first-order valence-electron chi connectivity index (χ1n) is 6.68. The van der Waals surface area contributed by atoms with Gasteiger partial charge in [0.2, 0.25) is 0 Å². The molecule has 0 bridgehead atoms. The van der Waals surface area contributed by atoms with E-state index in [9.17, 15) is 0 Å². The van der Waals surface area contributed by atoms with Gasteiger partial charge in [0.1, 0.15) is 6.33 Å². The molecule has 2 aromatic rings. The van der Waals surface area contributed by atoms with Crippen molar-refractivity contribution in [2.45, 2.75) is 31.9 Å². The van der Waals surface area contributed by atoms with E-state index in [2.05, 4.69) is 10.1 Å². The van der Waals surface area contributed by atoms with Gasteiger partial charge in [-0.2, -0.15) is 5.10 Å². The first kappa shape index (κ1) is 12.2. The number of nitrogen functional groups attached to an aromatic ring is 1. The fourth-order valence-corrected chi connectivity index (χ4v) is 2.35. The van der Waals surface area contributed by atoms with Crippen LogP contribution < -0.4 is 5.73 Å². The van der Waals surface area contributed by atoms with Gasteiger partial charge >= 0.3 is 0 Å². The third kappa shape index (κ3) is 2.93. The number of nitrogens with two attached hydrogens (primary N) is 1. The molecule has 1 aliphatic rings. The number of benzene rings is 1. The monoisotopic (exact) mass is 258 g/mol. The van der Waals surface area contributed by atoms with E-state index < -0.39 is 0 Å². The molecule has 3 rings (SSSR count). The number of hydrogen-bond acceptors (Lipinski definition) is 4. The van der Waals surface area contributed by atoms with Crippen LogP contribution >= 0.6 is 0 Å². The molecule has 1 fully saturated rings. The molecule has 1 atom stereocenters. The van der Waals surface area contributed by atoms with Gasteiger partial charge in [0.05, 0.1) is 12.6 Å². The highest BCUT2D eigenvalue weighted by Crippen LogP contribution is 2.18. The summed E-state index contributed by atoms with van der Waals surface area (Å²) in [5.41, 5.74) is 7.44. The minimum absolute atomic E-state index is 0.268. The molecular formula is C14H18N4O. The molecule has 100 valence electrons. The lowest BCUT2D eigenvalue weighted by Crippen LogP contribution is -2.24. The number of anilines is 1. The summed E-state index contributed by atoms with van der Waals surface area (Å²) >= 11 is 0. The van der Waals surface area contributed by atoms with Gasteiger partial charge in [0.15, 0.2) is 5.82 Å². The zero-order valence-corrected chi connectivity index (χ0v) is 10.8. The van der Waals surface area contributed by atoms with Gasteiger partial charge in [0.25, 0.3) is 0 Å². The maximum absolute atomic E-state index is 5.77. The van der Waals surface area contributed by atoms with Crippen molar-refractivity contribution in [2.75, 3.05) is 12.3 Å². The minimum atomic E-state index is 0.268. The molecule has 2 N–H and O–H groups in total. The quantitative estimate of drug-likeness (QED) is 0.856. The van der Waals surface area contributed by atoms with Crippen molar-refractivity contribution in [1.82, 2.24) is 14.8 Å². The lowest BCUT2D eigenvalue weighted by molar-refractivity contribution is 0.00397. The van der Waals surface area contributed by atoms with E-state index in [4.69, 9.17) is 10.5 Å². The van der Waals surface area contributed by atoms with Crippen LogP contribution in [0.15, 0.2) is 30.6 Å². The van der Waals surface area contributed by atoms with Crippen LogP contribution in [0.3, 0.4) is 0 Å². The molecule has 0 radical (unpaired) electrons. The van der Waals surface area contributed by atoms with Crippen LogP contribution in [0.2, 0.25) is 0 Å². The molecule has 2 heterocycles. The smallest absolute Gasteiger partial charge is 0.181 e. The van der Waals surface area contributed by atoms with Crippen LogP contribution in [0.25, 0.3) is 11.4 Å². The van der Waals surface area contributed by atoms with Crippen molar-refractivity contribution in [2.24, 2.45) is 0 Å². The Bertz CT molecular complexity index is 546. The normalized spacial score (nSPS) is 19.5. The maximum atomic E-state index is 5.77. The molecule has 0 aliphatic carbocycles. The van der Waals surface area contributed by atoms with Gasteiger partial charge < -0.3 is 10.5 Å². The molecule has 5 heteroatoms. The lowest BCUT2D eigenvalue weighted by atomic mass is 10.1. The van der Waals surface area contributed by atoms with Gasteiger partial charge in [-0.25, -0.2) is 9.67 Å². The molecule has 1 aliphatic heterocycles. The molecule has 1 saturated heterocycles. The summed E-state index contributed by atoms with van der Waals surface area (Å²) < 4.78 is 7.56. The first-order valence-corrected chi connectivity index (χ1v) is 6.68. The van der Waals surface area contributed by atoms with Gasteiger partial charge in [-0.3, -0.25) is 0 Å². The summed E-state index contributed by atoms with van der Waals surface area (Å²) in [6, 6.07) is 7.62. The topological polar surface area (TPSA) is 66.0 Å². The van der Waals surface area contributed by atoms with Crippen LogP contribution in [0.5, 0.6) is 0 Å². The summed E-state index contributed by atoms with van der Waals surface area (Å²) in [7, 11) is 0. The highest BCUT2D eigenvalue weighted by atomic mass is 16.5. The van der Waals surface area contributed by atoms with Crippen molar-refractivity contribution in [1.29, 1.82) is 0 Å². The Kier molecular flexibility index (Phi) is 3.46. The molecule has 0 amide bonds. The van der Waals surface area contributed by atoms with E-state index in [1.54, 1.807) is 6.33 Å². The van der Waals surface area contributed by atoms with E-state index in [1.165, 1.54) is 12.8 Å². The second-order valence-corrected chi connectivity index (χ2v) is 4.90. The Labute approximate surface area is 112 Å².